The molecule has 13 heteroatoms. The second kappa shape index (κ2) is 14.1. The summed E-state index contributed by atoms with van der Waals surface area (Å²) < 4.78 is 45.0. The van der Waals surface area contributed by atoms with Crippen LogP contribution in [0, 0.1) is 5.92 Å². The van der Waals surface area contributed by atoms with Crippen LogP contribution in [0.5, 0.6) is 5.75 Å². The lowest BCUT2D eigenvalue weighted by atomic mass is 9.99. The van der Waals surface area contributed by atoms with Crippen LogP contribution < -0.4 is 15.4 Å². The molecule has 0 radical (unpaired) electrons. The van der Waals surface area contributed by atoms with Crippen LogP contribution in [0.25, 0.3) is 0 Å². The molecule has 0 saturated carbocycles. The van der Waals surface area contributed by atoms with Crippen LogP contribution in [0.3, 0.4) is 0 Å². The molecule has 1 aliphatic heterocycles. The summed E-state index contributed by atoms with van der Waals surface area (Å²) in [7, 11) is 1.94. The van der Waals surface area contributed by atoms with Crippen molar-refractivity contribution in [2.45, 2.75) is 38.7 Å². The number of halogens is 5. The number of hydrogen-bond acceptors (Lipinski definition) is 5. The van der Waals surface area contributed by atoms with Gasteiger partial charge in [-0.25, -0.2) is 4.79 Å². The van der Waals surface area contributed by atoms with Crippen molar-refractivity contribution in [3.05, 3.63) is 87.4 Å². The Balaban J connectivity index is 1.53. The summed E-state index contributed by atoms with van der Waals surface area (Å²) in [5, 5.41) is 15.9. The summed E-state index contributed by atoms with van der Waals surface area (Å²) in [5.74, 6) is -0.161. The molecule has 0 spiro atoms. The van der Waals surface area contributed by atoms with Gasteiger partial charge in [-0.15, -0.1) is 0 Å². The van der Waals surface area contributed by atoms with E-state index in [-0.39, 0.29) is 41.5 Å². The molecule has 3 amide bonds. The fourth-order valence-electron chi connectivity index (χ4n) is 4.88. The van der Waals surface area contributed by atoms with Crippen molar-refractivity contribution in [1.82, 2.24) is 9.80 Å². The zero-order chi connectivity index (χ0) is 32.2. The van der Waals surface area contributed by atoms with Crippen molar-refractivity contribution < 1.29 is 32.6 Å². The van der Waals surface area contributed by atoms with Gasteiger partial charge in [-0.1, -0.05) is 36.2 Å². The van der Waals surface area contributed by atoms with Crippen molar-refractivity contribution in [2.24, 2.45) is 5.92 Å². The van der Waals surface area contributed by atoms with Crippen LogP contribution in [0.4, 0.5) is 29.3 Å². The van der Waals surface area contributed by atoms with Crippen LogP contribution >= 0.6 is 23.2 Å². The van der Waals surface area contributed by atoms with Gasteiger partial charge in [-0.05, 0) is 74.1 Å². The fraction of sp³-hybridized carbons (Fsp3) is 0.355. The summed E-state index contributed by atoms with van der Waals surface area (Å²) in [6, 6.07) is 12.9. The van der Waals surface area contributed by atoms with Crippen LogP contribution in [-0.2, 0) is 12.7 Å². The number of ether oxygens (including phenoxy) is 1. The number of likely N-dealkylation sites (N-methyl/N-ethyl adjacent to an activating group) is 1. The maximum absolute atomic E-state index is 13.7. The lowest BCUT2D eigenvalue weighted by Gasteiger charge is -2.38. The number of aliphatic hydroxyl groups is 1. The topological polar surface area (TPSA) is 94.1 Å². The molecular weight excluding hydrogens is 620 g/mol. The third kappa shape index (κ3) is 8.35. The Kier molecular flexibility index (Phi) is 10.7. The number of amides is 3. The zero-order valence-corrected chi connectivity index (χ0v) is 25.8. The van der Waals surface area contributed by atoms with E-state index in [0.29, 0.717) is 35.4 Å². The Hall–Kier alpha value is -3.51. The monoisotopic (exact) mass is 652 g/mol. The summed E-state index contributed by atoms with van der Waals surface area (Å²) in [6.07, 6.45) is -4.83. The Morgan fingerprint density at radius 3 is 2.36 bits per heavy atom. The molecule has 1 aliphatic rings. The molecule has 44 heavy (non-hydrogen) atoms. The molecular formula is C31H33Cl2F3N4O4. The van der Waals surface area contributed by atoms with Gasteiger partial charge in [-0.2, -0.15) is 13.2 Å². The molecule has 3 aromatic carbocycles. The van der Waals surface area contributed by atoms with Crippen molar-refractivity contribution in [2.75, 3.05) is 37.4 Å². The number of benzene rings is 3. The molecule has 0 bridgehead atoms. The van der Waals surface area contributed by atoms with Gasteiger partial charge in [0.25, 0.3) is 5.91 Å². The predicted octanol–water partition coefficient (Wildman–Crippen LogP) is 7.01. The van der Waals surface area contributed by atoms with E-state index in [4.69, 9.17) is 27.9 Å². The molecule has 0 aliphatic carbocycles. The Morgan fingerprint density at radius 2 is 1.73 bits per heavy atom. The maximum Gasteiger partial charge on any atom is 0.416 e. The Labute approximate surface area is 263 Å². The second-order valence-electron chi connectivity index (χ2n) is 10.9. The number of anilines is 2. The molecule has 0 saturated heterocycles. The Bertz CT molecular complexity index is 1490. The van der Waals surface area contributed by atoms with E-state index in [1.807, 2.05) is 26.1 Å². The average molecular weight is 654 g/mol. The summed E-state index contributed by atoms with van der Waals surface area (Å²) >= 11 is 12.2. The lowest BCUT2D eigenvalue weighted by Crippen LogP contribution is -2.49. The SMILES string of the molecule is C[C@@H]1CN([C@@H](C)CO)C(=O)c2cc(NC(=O)Nc3ccc(C(F)(F)F)cc3)ccc2O[C@@H]1CN(C)Cc1ccc(Cl)c(Cl)c1. The van der Waals surface area contributed by atoms with E-state index >= 15 is 0 Å². The molecule has 8 nitrogen and oxygen atoms in total. The first-order chi connectivity index (χ1) is 20.7. The number of nitrogens with zero attached hydrogens (tertiary/aromatic N) is 2. The molecule has 3 aromatic rings. The van der Waals surface area contributed by atoms with Gasteiger partial charge in [0.15, 0.2) is 0 Å². The third-order valence-electron chi connectivity index (χ3n) is 7.32. The van der Waals surface area contributed by atoms with Gasteiger partial charge in [-0.3, -0.25) is 9.69 Å². The average Bonchev–Trinajstić information content (AvgIpc) is 2.96. The third-order valence-corrected chi connectivity index (χ3v) is 8.06. The highest BCUT2D eigenvalue weighted by molar-refractivity contribution is 6.42. The van der Waals surface area contributed by atoms with Gasteiger partial charge in [0.05, 0.1) is 33.8 Å². The fourth-order valence-corrected chi connectivity index (χ4v) is 5.20. The number of urea groups is 1. The van der Waals surface area contributed by atoms with E-state index < -0.39 is 23.8 Å². The molecule has 4 rings (SSSR count). The number of rotatable bonds is 8. The maximum atomic E-state index is 13.7. The standard InChI is InChI=1S/C31H33Cl2F3N4O4/c1-18-14-40(19(2)17-41)29(42)24-13-23(38-30(43)37-22-7-5-21(6-8-22)31(34,35)36)9-11-27(24)44-28(18)16-39(3)15-20-4-10-25(32)26(33)12-20/h4-13,18-19,28,41H,14-17H2,1-3H3,(H2,37,38,43)/t18-,19+,28-/m1/s1. The summed E-state index contributed by atoms with van der Waals surface area (Å²) in [4.78, 5) is 30.0. The predicted molar refractivity (Wildman–Crippen MR) is 164 cm³/mol. The largest absolute Gasteiger partial charge is 0.488 e. The molecule has 1 heterocycles. The van der Waals surface area contributed by atoms with Crippen molar-refractivity contribution in [3.8, 4) is 5.75 Å². The van der Waals surface area contributed by atoms with Gasteiger partial charge in [0.2, 0.25) is 0 Å². The summed E-state index contributed by atoms with van der Waals surface area (Å²) in [5.41, 5.74) is 0.756. The number of aliphatic hydroxyl groups excluding tert-OH is 1. The van der Waals surface area contributed by atoms with Crippen LogP contribution in [-0.4, -0.2) is 65.7 Å². The quantitative estimate of drug-likeness (QED) is 0.243. The normalized spacial score (nSPS) is 17.8. The summed E-state index contributed by atoms with van der Waals surface area (Å²) in [6.45, 7) is 4.88. The molecule has 3 N–H and O–H groups in total. The van der Waals surface area contributed by atoms with Crippen molar-refractivity contribution in [1.29, 1.82) is 0 Å². The minimum Gasteiger partial charge on any atom is -0.488 e. The van der Waals surface area contributed by atoms with Crippen molar-refractivity contribution in [3.63, 3.8) is 0 Å². The van der Waals surface area contributed by atoms with Crippen LogP contribution in [0.1, 0.15) is 35.3 Å². The highest BCUT2D eigenvalue weighted by atomic mass is 35.5. The van der Waals surface area contributed by atoms with Gasteiger partial charge < -0.3 is 25.4 Å². The van der Waals surface area contributed by atoms with E-state index in [9.17, 15) is 27.9 Å². The number of hydrogen-bond donors (Lipinski definition) is 3. The van der Waals surface area contributed by atoms with Gasteiger partial charge in [0.1, 0.15) is 11.9 Å². The first-order valence-corrected chi connectivity index (χ1v) is 14.6. The Morgan fingerprint density at radius 1 is 1.07 bits per heavy atom. The second-order valence-corrected chi connectivity index (χ2v) is 11.7. The smallest absolute Gasteiger partial charge is 0.416 e. The van der Waals surface area contributed by atoms with Crippen molar-refractivity contribution >= 4 is 46.5 Å². The highest BCUT2D eigenvalue weighted by Gasteiger charge is 2.34. The van der Waals surface area contributed by atoms with E-state index in [1.54, 1.807) is 30.0 Å². The highest BCUT2D eigenvalue weighted by Crippen LogP contribution is 2.32. The number of carbonyl (C=O) groups is 2. The molecule has 0 unspecified atom stereocenters. The van der Waals surface area contributed by atoms with Crippen LogP contribution in [0.15, 0.2) is 60.7 Å². The molecule has 236 valence electrons. The minimum atomic E-state index is -4.49. The molecule has 0 aromatic heterocycles. The minimum absolute atomic E-state index is 0.107. The lowest BCUT2D eigenvalue weighted by molar-refractivity contribution is -0.137. The zero-order valence-electron chi connectivity index (χ0n) is 24.3. The van der Waals surface area contributed by atoms with E-state index in [1.165, 1.54) is 6.07 Å². The van der Waals surface area contributed by atoms with E-state index in [0.717, 1.165) is 29.8 Å². The molecule has 3 atom stereocenters. The molecule has 0 fully saturated rings. The number of fused-ring (bicyclic) bond motifs is 1. The number of carbonyl (C=O) groups excluding carboxylic acids is 2. The van der Waals surface area contributed by atoms with Crippen LogP contribution in [0.2, 0.25) is 10.0 Å². The van der Waals surface area contributed by atoms with Gasteiger partial charge >= 0.3 is 12.2 Å². The number of nitrogens with one attached hydrogen (secondary N) is 2. The first-order valence-electron chi connectivity index (χ1n) is 13.9. The first kappa shape index (κ1) is 33.4. The van der Waals surface area contributed by atoms with E-state index in [2.05, 4.69) is 15.5 Å². The van der Waals surface area contributed by atoms with Gasteiger partial charge in [0, 0.05) is 36.9 Å². The number of alkyl halides is 3.